The van der Waals surface area contributed by atoms with Crippen molar-refractivity contribution in [3.8, 4) is 0 Å². The van der Waals surface area contributed by atoms with Crippen LogP contribution in [0, 0.1) is 5.92 Å². The van der Waals surface area contributed by atoms with Crippen LogP contribution < -0.4 is 0 Å². The molecule has 1 aliphatic rings. The Kier molecular flexibility index (Phi) is 18.1. The summed E-state index contributed by atoms with van der Waals surface area (Å²) in [6.07, 6.45) is 5.45. The number of amides is 1. The summed E-state index contributed by atoms with van der Waals surface area (Å²) in [6, 6.07) is 0. The SMILES string of the molecule is CC.CC.CCCN(CC)C(=O)CCCN1CCC(C)CC1. The molecule has 0 aromatic carbocycles. The Hall–Kier alpha value is -0.570. The first-order valence-electron chi connectivity index (χ1n) is 9.67. The van der Waals surface area contributed by atoms with Gasteiger partial charge in [0, 0.05) is 19.5 Å². The molecule has 0 spiro atoms. The van der Waals surface area contributed by atoms with Gasteiger partial charge in [0.15, 0.2) is 0 Å². The van der Waals surface area contributed by atoms with Crippen LogP contribution in [0.1, 0.15) is 80.6 Å². The molecular formula is C19H42N2O. The van der Waals surface area contributed by atoms with Crippen LogP contribution in [0.2, 0.25) is 0 Å². The van der Waals surface area contributed by atoms with Gasteiger partial charge in [-0.05, 0) is 58.2 Å². The monoisotopic (exact) mass is 314 g/mol. The van der Waals surface area contributed by atoms with Crippen LogP contribution in [0.15, 0.2) is 0 Å². The van der Waals surface area contributed by atoms with E-state index in [0.29, 0.717) is 5.91 Å². The molecule has 1 heterocycles. The summed E-state index contributed by atoms with van der Waals surface area (Å²) in [5, 5.41) is 0. The lowest BCUT2D eigenvalue weighted by Gasteiger charge is -2.30. The van der Waals surface area contributed by atoms with E-state index in [1.165, 1.54) is 25.9 Å². The van der Waals surface area contributed by atoms with Crippen LogP contribution in [0.25, 0.3) is 0 Å². The highest BCUT2D eigenvalue weighted by molar-refractivity contribution is 5.76. The molecule has 0 radical (unpaired) electrons. The zero-order chi connectivity index (χ0) is 17.4. The van der Waals surface area contributed by atoms with Crippen molar-refractivity contribution in [3.63, 3.8) is 0 Å². The molecule has 0 aromatic heterocycles. The Labute approximate surface area is 140 Å². The molecule has 0 saturated carbocycles. The highest BCUT2D eigenvalue weighted by Crippen LogP contribution is 2.16. The lowest BCUT2D eigenvalue weighted by atomic mass is 9.99. The smallest absolute Gasteiger partial charge is 0.222 e. The molecule has 3 nitrogen and oxygen atoms in total. The Morgan fingerprint density at radius 3 is 2.09 bits per heavy atom. The van der Waals surface area contributed by atoms with E-state index in [9.17, 15) is 4.79 Å². The van der Waals surface area contributed by atoms with E-state index in [1.54, 1.807) is 0 Å². The van der Waals surface area contributed by atoms with Crippen LogP contribution >= 0.6 is 0 Å². The van der Waals surface area contributed by atoms with Crippen molar-refractivity contribution in [2.75, 3.05) is 32.7 Å². The molecule has 1 amide bonds. The van der Waals surface area contributed by atoms with E-state index in [0.717, 1.165) is 44.8 Å². The van der Waals surface area contributed by atoms with Crippen LogP contribution in [0.3, 0.4) is 0 Å². The number of hydrogen-bond acceptors (Lipinski definition) is 2. The maximum atomic E-state index is 12.0. The number of rotatable bonds is 7. The van der Waals surface area contributed by atoms with Crippen LogP contribution in [-0.4, -0.2) is 48.4 Å². The summed E-state index contributed by atoms with van der Waals surface area (Å²) < 4.78 is 0. The average Bonchev–Trinajstić information content (AvgIpc) is 2.58. The van der Waals surface area contributed by atoms with Crippen molar-refractivity contribution in [1.29, 1.82) is 0 Å². The molecule has 3 heteroatoms. The Bertz CT molecular complexity index is 236. The van der Waals surface area contributed by atoms with Gasteiger partial charge in [0.2, 0.25) is 5.91 Å². The molecule has 0 N–H and O–H groups in total. The fourth-order valence-corrected chi connectivity index (χ4v) is 2.63. The number of carbonyl (C=O) groups is 1. The van der Waals surface area contributed by atoms with Gasteiger partial charge in [-0.25, -0.2) is 0 Å². The molecule has 0 aromatic rings. The Balaban J connectivity index is 0. The normalized spacial score (nSPS) is 15.2. The average molecular weight is 315 g/mol. The minimum atomic E-state index is 0.338. The molecule has 1 saturated heterocycles. The minimum absolute atomic E-state index is 0.338. The third-order valence-corrected chi connectivity index (χ3v) is 3.97. The molecule has 0 atom stereocenters. The highest BCUT2D eigenvalue weighted by Gasteiger charge is 2.16. The second-order valence-corrected chi connectivity index (χ2v) is 5.60. The van der Waals surface area contributed by atoms with E-state index in [2.05, 4.69) is 25.7 Å². The molecule has 0 aliphatic carbocycles. The Morgan fingerprint density at radius 2 is 1.64 bits per heavy atom. The van der Waals surface area contributed by atoms with Gasteiger partial charge in [-0.15, -0.1) is 0 Å². The van der Waals surface area contributed by atoms with Crippen molar-refractivity contribution in [2.45, 2.75) is 80.6 Å². The maximum absolute atomic E-state index is 12.0. The second kappa shape index (κ2) is 16.8. The number of hydrogen-bond donors (Lipinski definition) is 0. The predicted molar refractivity (Wildman–Crippen MR) is 99.3 cm³/mol. The van der Waals surface area contributed by atoms with Gasteiger partial charge in [-0.1, -0.05) is 41.5 Å². The summed E-state index contributed by atoms with van der Waals surface area (Å²) in [4.78, 5) is 16.5. The Morgan fingerprint density at radius 1 is 1.09 bits per heavy atom. The molecule has 0 unspecified atom stereocenters. The minimum Gasteiger partial charge on any atom is -0.343 e. The van der Waals surface area contributed by atoms with E-state index in [-0.39, 0.29) is 0 Å². The lowest BCUT2D eigenvalue weighted by Crippen LogP contribution is -2.35. The van der Waals surface area contributed by atoms with Crippen molar-refractivity contribution in [2.24, 2.45) is 5.92 Å². The van der Waals surface area contributed by atoms with Gasteiger partial charge < -0.3 is 9.80 Å². The topological polar surface area (TPSA) is 23.6 Å². The third-order valence-electron chi connectivity index (χ3n) is 3.97. The van der Waals surface area contributed by atoms with Gasteiger partial charge >= 0.3 is 0 Å². The quantitative estimate of drug-likeness (QED) is 0.673. The fourth-order valence-electron chi connectivity index (χ4n) is 2.63. The van der Waals surface area contributed by atoms with E-state index >= 15 is 0 Å². The summed E-state index contributed by atoms with van der Waals surface area (Å²) in [5.41, 5.74) is 0. The van der Waals surface area contributed by atoms with Crippen molar-refractivity contribution < 1.29 is 4.79 Å². The standard InChI is InChI=1S/C15H30N2O.2C2H6/c1-4-10-17(5-2)15(18)7-6-11-16-12-8-14(3)9-13-16;2*1-2/h14H,4-13H2,1-3H3;2*1-2H3. The number of likely N-dealkylation sites (tertiary alicyclic amines) is 1. The number of carbonyl (C=O) groups excluding carboxylic acids is 1. The molecule has 134 valence electrons. The van der Waals surface area contributed by atoms with Crippen molar-refractivity contribution in [3.05, 3.63) is 0 Å². The molecule has 1 aliphatic heterocycles. The molecule has 1 rings (SSSR count). The predicted octanol–water partition coefficient (Wildman–Crippen LogP) is 4.81. The number of piperidine rings is 1. The summed E-state index contributed by atoms with van der Waals surface area (Å²) in [7, 11) is 0. The molecule has 22 heavy (non-hydrogen) atoms. The first-order valence-corrected chi connectivity index (χ1v) is 9.67. The summed E-state index contributed by atoms with van der Waals surface area (Å²) >= 11 is 0. The lowest BCUT2D eigenvalue weighted by molar-refractivity contribution is -0.131. The fraction of sp³-hybridized carbons (Fsp3) is 0.947. The van der Waals surface area contributed by atoms with Crippen molar-refractivity contribution in [1.82, 2.24) is 9.80 Å². The summed E-state index contributed by atoms with van der Waals surface area (Å²) in [6.45, 7) is 19.9. The van der Waals surface area contributed by atoms with Gasteiger partial charge in [-0.2, -0.15) is 0 Å². The van der Waals surface area contributed by atoms with E-state index < -0.39 is 0 Å². The zero-order valence-corrected chi connectivity index (χ0v) is 16.5. The highest BCUT2D eigenvalue weighted by atomic mass is 16.2. The van der Waals surface area contributed by atoms with Gasteiger partial charge in [-0.3, -0.25) is 4.79 Å². The largest absolute Gasteiger partial charge is 0.343 e. The second-order valence-electron chi connectivity index (χ2n) is 5.60. The maximum Gasteiger partial charge on any atom is 0.222 e. The van der Waals surface area contributed by atoms with Gasteiger partial charge in [0.05, 0.1) is 0 Å². The molecule has 1 fully saturated rings. The van der Waals surface area contributed by atoms with Crippen molar-refractivity contribution >= 4 is 5.91 Å². The van der Waals surface area contributed by atoms with Crippen LogP contribution in [-0.2, 0) is 4.79 Å². The van der Waals surface area contributed by atoms with Gasteiger partial charge in [0.1, 0.15) is 0 Å². The number of nitrogens with zero attached hydrogens (tertiary/aromatic N) is 2. The molecular weight excluding hydrogens is 272 g/mol. The van der Waals surface area contributed by atoms with Crippen LogP contribution in [0.4, 0.5) is 0 Å². The van der Waals surface area contributed by atoms with E-state index in [4.69, 9.17) is 0 Å². The first-order chi connectivity index (χ1) is 10.7. The van der Waals surface area contributed by atoms with E-state index in [1.807, 2.05) is 32.6 Å². The third kappa shape index (κ3) is 11.1. The first kappa shape index (κ1) is 23.7. The van der Waals surface area contributed by atoms with Crippen LogP contribution in [0.5, 0.6) is 0 Å². The summed E-state index contributed by atoms with van der Waals surface area (Å²) in [5.74, 6) is 1.23. The van der Waals surface area contributed by atoms with Gasteiger partial charge in [0.25, 0.3) is 0 Å². The molecule has 0 bridgehead atoms. The zero-order valence-electron chi connectivity index (χ0n) is 16.5.